The van der Waals surface area contributed by atoms with Crippen LogP contribution in [-0.4, -0.2) is 29.3 Å². The van der Waals surface area contributed by atoms with Gasteiger partial charge in [0.15, 0.2) is 5.71 Å². The van der Waals surface area contributed by atoms with Crippen molar-refractivity contribution in [3.63, 3.8) is 0 Å². The Bertz CT molecular complexity index is 1880. The maximum absolute atomic E-state index is 2.61. The first kappa shape index (κ1) is 31.2. The standard InChI is InChI=1S/C44H50N3/c1-43(2)36-24-13-15-26-38(36)45(5)40(43)30-28-32-18-17-19-33(29-31-41-44(3,4)37-25-14-16-27-39(37)46(41)6)42(32)47(34-20-9-7-10-21-34)35-22-11-8-12-23-35/h7,9,11,13-16,20,22-31H,8,10,12,17-19,21H2,1-6H3/q+1. The van der Waals surface area contributed by atoms with Crippen molar-refractivity contribution in [1.82, 2.24) is 4.90 Å². The van der Waals surface area contributed by atoms with Crippen LogP contribution in [0.3, 0.4) is 0 Å². The van der Waals surface area contributed by atoms with E-state index in [0.717, 1.165) is 44.9 Å². The number of benzene rings is 2. The molecule has 2 aromatic rings. The summed E-state index contributed by atoms with van der Waals surface area (Å²) >= 11 is 0. The maximum atomic E-state index is 2.61. The molecular formula is C44H50N3+. The van der Waals surface area contributed by atoms with Crippen LogP contribution in [0, 0.1) is 0 Å². The van der Waals surface area contributed by atoms with Gasteiger partial charge in [0.25, 0.3) is 0 Å². The fourth-order valence-electron chi connectivity index (χ4n) is 8.47. The number of para-hydroxylation sites is 2. The summed E-state index contributed by atoms with van der Waals surface area (Å²) in [6.45, 7) is 9.46. The Balaban J connectivity index is 1.39. The van der Waals surface area contributed by atoms with Crippen LogP contribution in [0.1, 0.15) is 83.8 Å². The van der Waals surface area contributed by atoms with E-state index in [4.69, 9.17) is 0 Å². The highest BCUT2D eigenvalue weighted by Gasteiger charge is 2.43. The molecule has 0 saturated carbocycles. The second-order valence-electron chi connectivity index (χ2n) is 14.7. The first-order valence-electron chi connectivity index (χ1n) is 17.6. The number of hydrogen-bond acceptors (Lipinski definition) is 2. The van der Waals surface area contributed by atoms with E-state index in [2.05, 4.69) is 165 Å². The zero-order valence-electron chi connectivity index (χ0n) is 29.2. The summed E-state index contributed by atoms with van der Waals surface area (Å²) < 4.78 is 2.39. The van der Waals surface area contributed by atoms with Gasteiger partial charge in [-0.3, -0.25) is 0 Å². The normalized spacial score (nSPS) is 23.1. The van der Waals surface area contributed by atoms with E-state index in [0.29, 0.717) is 0 Å². The first-order chi connectivity index (χ1) is 22.7. The molecule has 3 aliphatic carbocycles. The van der Waals surface area contributed by atoms with Gasteiger partial charge in [0.2, 0.25) is 5.69 Å². The van der Waals surface area contributed by atoms with Crippen LogP contribution in [0.5, 0.6) is 0 Å². The second kappa shape index (κ2) is 12.3. The van der Waals surface area contributed by atoms with E-state index in [9.17, 15) is 0 Å². The smallest absolute Gasteiger partial charge is 0.209 e. The van der Waals surface area contributed by atoms with Gasteiger partial charge in [-0.15, -0.1) is 0 Å². The van der Waals surface area contributed by atoms with E-state index in [1.165, 1.54) is 62.1 Å². The largest absolute Gasteiger partial charge is 0.347 e. The summed E-state index contributed by atoms with van der Waals surface area (Å²) in [5.74, 6) is 0. The number of rotatable bonds is 6. The van der Waals surface area contributed by atoms with Gasteiger partial charge in [0.05, 0.1) is 11.1 Å². The molecule has 0 spiro atoms. The summed E-state index contributed by atoms with van der Waals surface area (Å²) in [5, 5.41) is 0. The minimum atomic E-state index is -0.0566. The maximum Gasteiger partial charge on any atom is 0.209 e. The van der Waals surface area contributed by atoms with Crippen molar-refractivity contribution in [2.45, 2.75) is 83.5 Å². The Morgan fingerprint density at radius 3 is 2.32 bits per heavy atom. The molecule has 0 bridgehead atoms. The van der Waals surface area contributed by atoms with E-state index in [1.54, 1.807) is 0 Å². The molecule has 0 amide bonds. The van der Waals surface area contributed by atoms with Crippen molar-refractivity contribution < 1.29 is 4.58 Å². The Hall–Kier alpha value is -4.37. The summed E-state index contributed by atoms with van der Waals surface area (Å²) in [5.41, 5.74) is 14.9. The average molecular weight is 621 g/mol. The molecule has 47 heavy (non-hydrogen) atoms. The van der Waals surface area contributed by atoms with Gasteiger partial charge in [-0.25, -0.2) is 0 Å². The number of anilines is 1. The van der Waals surface area contributed by atoms with Crippen molar-refractivity contribution in [3.05, 3.63) is 154 Å². The zero-order chi connectivity index (χ0) is 32.8. The number of hydrogen-bond donors (Lipinski definition) is 0. The van der Waals surface area contributed by atoms with Gasteiger partial charge in [0, 0.05) is 52.9 Å². The molecule has 2 aliphatic heterocycles. The van der Waals surface area contributed by atoms with Crippen LogP contribution in [0.25, 0.3) is 0 Å². The van der Waals surface area contributed by atoms with E-state index < -0.39 is 0 Å². The van der Waals surface area contributed by atoms with E-state index >= 15 is 0 Å². The van der Waals surface area contributed by atoms with Crippen LogP contribution in [0.15, 0.2) is 143 Å². The summed E-state index contributed by atoms with van der Waals surface area (Å²) in [4.78, 5) is 5.01. The molecule has 0 N–H and O–H groups in total. The van der Waals surface area contributed by atoms with Crippen LogP contribution in [0.4, 0.5) is 11.4 Å². The van der Waals surface area contributed by atoms with Gasteiger partial charge in [-0.05, 0) is 99.8 Å². The minimum Gasteiger partial charge on any atom is -0.347 e. The molecular weight excluding hydrogens is 571 g/mol. The first-order valence-corrected chi connectivity index (χ1v) is 17.6. The molecule has 0 fully saturated rings. The highest BCUT2D eigenvalue weighted by atomic mass is 15.2. The lowest BCUT2D eigenvalue weighted by molar-refractivity contribution is -0.401. The Morgan fingerprint density at radius 1 is 0.809 bits per heavy atom. The third-order valence-electron chi connectivity index (χ3n) is 11.0. The molecule has 3 nitrogen and oxygen atoms in total. The molecule has 0 aromatic heterocycles. The molecule has 5 aliphatic rings. The lowest BCUT2D eigenvalue weighted by Crippen LogP contribution is -2.28. The van der Waals surface area contributed by atoms with Gasteiger partial charge < -0.3 is 9.80 Å². The third kappa shape index (κ3) is 5.44. The van der Waals surface area contributed by atoms with Crippen molar-refractivity contribution in [2.75, 3.05) is 19.0 Å². The lowest BCUT2D eigenvalue weighted by atomic mass is 9.81. The molecule has 2 heterocycles. The molecule has 0 radical (unpaired) electrons. The fourth-order valence-corrected chi connectivity index (χ4v) is 8.47. The van der Waals surface area contributed by atoms with Gasteiger partial charge >= 0.3 is 0 Å². The van der Waals surface area contributed by atoms with Crippen molar-refractivity contribution in [1.29, 1.82) is 0 Å². The molecule has 7 rings (SSSR count). The van der Waals surface area contributed by atoms with Gasteiger partial charge in [-0.2, -0.15) is 4.58 Å². The molecule has 2 aromatic carbocycles. The predicted molar refractivity (Wildman–Crippen MR) is 199 cm³/mol. The van der Waals surface area contributed by atoms with Crippen LogP contribution in [0.2, 0.25) is 0 Å². The van der Waals surface area contributed by atoms with Gasteiger partial charge in [0.1, 0.15) is 7.05 Å². The van der Waals surface area contributed by atoms with Crippen molar-refractivity contribution in [3.8, 4) is 0 Å². The van der Waals surface area contributed by atoms with Crippen molar-refractivity contribution >= 4 is 17.1 Å². The number of allylic oxidation sites excluding steroid dienone is 14. The van der Waals surface area contributed by atoms with Crippen LogP contribution >= 0.6 is 0 Å². The molecule has 240 valence electrons. The van der Waals surface area contributed by atoms with Gasteiger partial charge in [-0.1, -0.05) is 86.7 Å². The second-order valence-corrected chi connectivity index (χ2v) is 14.7. The SMILES string of the molecule is CN1C(=CC=C2CCCC(C=CC3=[N+](C)c4ccccc4C3(C)C)=C2N(C2=CCCC=C2)C2=CC=CCC2)C(C)(C)c2ccccc21. The number of fused-ring (bicyclic) bond motifs is 2. The molecule has 0 saturated heterocycles. The monoisotopic (exact) mass is 620 g/mol. The summed E-state index contributed by atoms with van der Waals surface area (Å²) in [6, 6.07) is 17.7. The highest BCUT2D eigenvalue weighted by Crippen LogP contribution is 2.47. The van der Waals surface area contributed by atoms with Crippen molar-refractivity contribution in [2.24, 2.45) is 0 Å². The minimum absolute atomic E-state index is 0.0566. The number of nitrogens with zero attached hydrogens (tertiary/aromatic N) is 3. The highest BCUT2D eigenvalue weighted by molar-refractivity contribution is 6.03. The fraction of sp³-hybridized carbons (Fsp3) is 0.341. The average Bonchev–Trinajstić information content (AvgIpc) is 3.41. The summed E-state index contributed by atoms with van der Waals surface area (Å²) in [7, 11) is 4.45. The molecule has 3 heteroatoms. The Morgan fingerprint density at radius 2 is 1.60 bits per heavy atom. The van der Waals surface area contributed by atoms with Crippen LogP contribution in [-0.2, 0) is 10.8 Å². The quantitative estimate of drug-likeness (QED) is 0.297. The van der Waals surface area contributed by atoms with E-state index in [-0.39, 0.29) is 10.8 Å². The molecule has 0 unspecified atom stereocenters. The predicted octanol–water partition coefficient (Wildman–Crippen LogP) is 10.7. The molecule has 0 atom stereocenters. The van der Waals surface area contributed by atoms with Crippen LogP contribution < -0.4 is 4.90 Å². The van der Waals surface area contributed by atoms with E-state index in [1.807, 2.05) is 0 Å². The Kier molecular flexibility index (Phi) is 8.20. The number of likely N-dealkylation sites (N-methyl/N-ethyl adjacent to an activating group) is 1. The Labute approximate surface area is 282 Å². The zero-order valence-corrected chi connectivity index (χ0v) is 29.2. The topological polar surface area (TPSA) is 9.49 Å². The third-order valence-corrected chi connectivity index (χ3v) is 11.0. The summed E-state index contributed by atoms with van der Waals surface area (Å²) in [6.07, 6.45) is 31.4. The lowest BCUT2D eigenvalue weighted by Gasteiger charge is -2.37.